The number of aldehydes is 1. The van der Waals surface area contributed by atoms with Crippen molar-refractivity contribution in [3.8, 4) is 0 Å². The summed E-state index contributed by atoms with van der Waals surface area (Å²) in [7, 11) is 1.67. The summed E-state index contributed by atoms with van der Waals surface area (Å²) < 4.78 is 18.7. The van der Waals surface area contributed by atoms with Crippen LogP contribution in [0.5, 0.6) is 0 Å². The van der Waals surface area contributed by atoms with Crippen molar-refractivity contribution in [3.63, 3.8) is 0 Å². The number of hydrogen-bond acceptors (Lipinski definition) is 3. The highest BCUT2D eigenvalue weighted by atomic mass is 19.1. The number of furan rings is 1. The first kappa shape index (κ1) is 10.4. The summed E-state index contributed by atoms with van der Waals surface area (Å²) in [6.45, 7) is 0. The molecule has 0 aliphatic carbocycles. The fourth-order valence-electron chi connectivity index (χ4n) is 1.43. The summed E-state index contributed by atoms with van der Waals surface area (Å²) in [5.74, 6) is 0.305. The van der Waals surface area contributed by atoms with Crippen LogP contribution >= 0.6 is 0 Å². The second-order valence-electron chi connectivity index (χ2n) is 3.30. The van der Waals surface area contributed by atoms with E-state index >= 15 is 0 Å². The van der Waals surface area contributed by atoms with Crippen molar-refractivity contribution in [2.75, 3.05) is 11.9 Å². The quantitative estimate of drug-likeness (QED) is 0.744. The van der Waals surface area contributed by atoms with Gasteiger partial charge in [0.25, 0.3) is 0 Å². The van der Waals surface area contributed by atoms with Crippen LogP contribution in [0.25, 0.3) is 0 Å². The SMILES string of the molecule is CN(c1ccc(C=O)o1)c1ccccc1F. The van der Waals surface area contributed by atoms with E-state index in [1.165, 1.54) is 6.07 Å². The fourth-order valence-corrected chi connectivity index (χ4v) is 1.43. The van der Waals surface area contributed by atoms with Gasteiger partial charge in [0.05, 0.1) is 5.69 Å². The van der Waals surface area contributed by atoms with Crippen molar-refractivity contribution in [1.82, 2.24) is 0 Å². The highest BCUT2D eigenvalue weighted by Gasteiger charge is 2.11. The number of anilines is 2. The maximum absolute atomic E-state index is 13.5. The Bertz CT molecular complexity index is 507. The molecule has 82 valence electrons. The zero-order valence-corrected chi connectivity index (χ0v) is 8.68. The first-order chi connectivity index (χ1) is 7.72. The third kappa shape index (κ3) is 1.82. The lowest BCUT2D eigenvalue weighted by atomic mass is 10.3. The lowest BCUT2D eigenvalue weighted by Gasteiger charge is -2.16. The normalized spacial score (nSPS) is 10.1. The molecule has 0 saturated carbocycles. The van der Waals surface area contributed by atoms with Crippen molar-refractivity contribution in [2.45, 2.75) is 0 Å². The van der Waals surface area contributed by atoms with E-state index < -0.39 is 0 Å². The Morgan fingerprint density at radius 3 is 2.62 bits per heavy atom. The van der Waals surface area contributed by atoms with Gasteiger partial charge in [-0.15, -0.1) is 0 Å². The monoisotopic (exact) mass is 219 g/mol. The number of carbonyl (C=O) groups is 1. The molecule has 1 heterocycles. The topological polar surface area (TPSA) is 33.5 Å². The number of hydrogen-bond donors (Lipinski definition) is 0. The minimum Gasteiger partial charge on any atom is -0.437 e. The maximum Gasteiger partial charge on any atom is 0.200 e. The molecule has 0 atom stereocenters. The molecule has 0 radical (unpaired) electrons. The number of nitrogens with zero attached hydrogens (tertiary/aromatic N) is 1. The summed E-state index contributed by atoms with van der Waals surface area (Å²) in [5, 5.41) is 0. The van der Waals surface area contributed by atoms with Gasteiger partial charge in [-0.25, -0.2) is 4.39 Å². The van der Waals surface area contributed by atoms with E-state index in [0.717, 1.165) is 0 Å². The number of rotatable bonds is 3. The third-order valence-corrected chi connectivity index (χ3v) is 2.27. The van der Waals surface area contributed by atoms with Gasteiger partial charge in [-0.1, -0.05) is 12.1 Å². The molecule has 16 heavy (non-hydrogen) atoms. The Morgan fingerprint density at radius 1 is 1.25 bits per heavy atom. The molecule has 4 heteroatoms. The van der Waals surface area contributed by atoms with Crippen LogP contribution in [0.3, 0.4) is 0 Å². The molecule has 2 rings (SSSR count). The van der Waals surface area contributed by atoms with Gasteiger partial charge >= 0.3 is 0 Å². The van der Waals surface area contributed by atoms with E-state index in [0.29, 0.717) is 17.9 Å². The molecule has 0 amide bonds. The molecule has 0 aliphatic rings. The smallest absolute Gasteiger partial charge is 0.200 e. The van der Waals surface area contributed by atoms with Crippen molar-refractivity contribution >= 4 is 17.9 Å². The zero-order chi connectivity index (χ0) is 11.5. The van der Waals surface area contributed by atoms with Gasteiger partial charge in [0.15, 0.2) is 12.0 Å². The summed E-state index contributed by atoms with van der Waals surface area (Å²) >= 11 is 0. The van der Waals surface area contributed by atoms with E-state index in [2.05, 4.69) is 0 Å². The van der Waals surface area contributed by atoms with Crippen LogP contribution in [0.1, 0.15) is 10.6 Å². The molecule has 0 aliphatic heterocycles. The lowest BCUT2D eigenvalue weighted by Crippen LogP contribution is -2.09. The van der Waals surface area contributed by atoms with Crippen molar-refractivity contribution in [3.05, 3.63) is 48.0 Å². The molecular formula is C12H10FNO2. The van der Waals surface area contributed by atoms with Gasteiger partial charge in [0.1, 0.15) is 5.82 Å². The Kier molecular flexibility index (Phi) is 2.72. The largest absolute Gasteiger partial charge is 0.437 e. The second-order valence-corrected chi connectivity index (χ2v) is 3.30. The first-order valence-corrected chi connectivity index (χ1v) is 4.75. The second kappa shape index (κ2) is 4.18. The van der Waals surface area contributed by atoms with Gasteiger partial charge in [-0.05, 0) is 18.2 Å². The Hall–Kier alpha value is -2.10. The number of para-hydroxylation sites is 1. The lowest BCUT2D eigenvalue weighted by molar-refractivity contribution is 0.110. The minimum atomic E-state index is -0.339. The van der Waals surface area contributed by atoms with Crippen molar-refractivity contribution in [1.29, 1.82) is 0 Å². The standard InChI is InChI=1S/C12H10FNO2/c1-14(11-5-3-2-4-10(11)13)12-7-6-9(8-15)16-12/h2-8H,1H3. The predicted molar refractivity (Wildman–Crippen MR) is 58.6 cm³/mol. The van der Waals surface area contributed by atoms with E-state index in [-0.39, 0.29) is 11.6 Å². The van der Waals surface area contributed by atoms with Crippen LogP contribution < -0.4 is 4.90 Å². The predicted octanol–water partition coefficient (Wildman–Crippen LogP) is 3.00. The Balaban J connectivity index is 2.35. The molecule has 0 N–H and O–H groups in total. The van der Waals surface area contributed by atoms with Crippen LogP contribution in [0.4, 0.5) is 16.0 Å². The highest BCUT2D eigenvalue weighted by molar-refractivity contribution is 5.72. The summed E-state index contributed by atoms with van der Waals surface area (Å²) in [4.78, 5) is 12.0. The minimum absolute atomic E-state index is 0.221. The van der Waals surface area contributed by atoms with Gasteiger partial charge in [-0.3, -0.25) is 4.79 Å². The average Bonchev–Trinajstić information content (AvgIpc) is 2.77. The van der Waals surface area contributed by atoms with Gasteiger partial charge in [-0.2, -0.15) is 0 Å². The number of halogens is 1. The summed E-state index contributed by atoms with van der Waals surface area (Å²) in [6.07, 6.45) is 0.610. The van der Waals surface area contributed by atoms with Crippen LogP contribution in [-0.2, 0) is 0 Å². The van der Waals surface area contributed by atoms with Gasteiger partial charge in [0.2, 0.25) is 5.88 Å². The summed E-state index contributed by atoms with van der Waals surface area (Å²) in [6, 6.07) is 9.52. The molecule has 0 spiro atoms. The number of benzene rings is 1. The van der Waals surface area contributed by atoms with E-state index in [9.17, 15) is 9.18 Å². The molecule has 0 unspecified atom stereocenters. The molecule has 1 aromatic heterocycles. The summed E-state index contributed by atoms with van der Waals surface area (Å²) in [5.41, 5.74) is 0.397. The van der Waals surface area contributed by atoms with Crippen molar-refractivity contribution in [2.24, 2.45) is 0 Å². The van der Waals surface area contributed by atoms with E-state index in [4.69, 9.17) is 4.42 Å². The molecule has 0 fully saturated rings. The van der Waals surface area contributed by atoms with Crippen molar-refractivity contribution < 1.29 is 13.6 Å². The van der Waals surface area contributed by atoms with E-state index in [1.807, 2.05) is 0 Å². The third-order valence-electron chi connectivity index (χ3n) is 2.27. The molecule has 0 bridgehead atoms. The fraction of sp³-hybridized carbons (Fsp3) is 0.0833. The zero-order valence-electron chi connectivity index (χ0n) is 8.68. The Labute approximate surface area is 92.1 Å². The molecule has 3 nitrogen and oxygen atoms in total. The molecular weight excluding hydrogens is 209 g/mol. The molecule has 2 aromatic rings. The molecule has 1 aromatic carbocycles. The number of carbonyl (C=O) groups excluding carboxylic acids is 1. The van der Waals surface area contributed by atoms with Gasteiger partial charge < -0.3 is 9.32 Å². The van der Waals surface area contributed by atoms with Crippen LogP contribution in [0.15, 0.2) is 40.8 Å². The average molecular weight is 219 g/mol. The molecule has 0 saturated heterocycles. The Morgan fingerprint density at radius 2 is 2.00 bits per heavy atom. The highest BCUT2D eigenvalue weighted by Crippen LogP contribution is 2.26. The van der Waals surface area contributed by atoms with E-state index in [1.54, 1.807) is 42.3 Å². The van der Waals surface area contributed by atoms with Gasteiger partial charge in [0, 0.05) is 13.1 Å². The van der Waals surface area contributed by atoms with Crippen LogP contribution in [0.2, 0.25) is 0 Å². The van der Waals surface area contributed by atoms with Crippen LogP contribution in [-0.4, -0.2) is 13.3 Å². The first-order valence-electron chi connectivity index (χ1n) is 4.75. The van der Waals surface area contributed by atoms with Crippen LogP contribution in [0, 0.1) is 5.82 Å². The maximum atomic E-state index is 13.5.